The first kappa shape index (κ1) is 20.1. The number of rotatable bonds is 3. The van der Waals surface area contributed by atoms with Crippen molar-refractivity contribution >= 4 is 5.91 Å². The number of aromatic nitrogens is 2. The van der Waals surface area contributed by atoms with Crippen molar-refractivity contribution in [2.24, 2.45) is 12.8 Å². The highest BCUT2D eigenvalue weighted by atomic mass is 19.3. The molecule has 9 heteroatoms. The van der Waals surface area contributed by atoms with E-state index in [2.05, 4.69) is 5.10 Å². The maximum absolute atomic E-state index is 12.9. The predicted octanol–water partition coefficient (Wildman–Crippen LogP) is 4.23. The first-order valence-corrected chi connectivity index (χ1v) is 7.52. The Kier molecular flexibility index (Phi) is 6.27. The van der Waals surface area contributed by atoms with Crippen molar-refractivity contribution in [1.29, 1.82) is 0 Å². The van der Waals surface area contributed by atoms with E-state index in [1.165, 1.54) is 13.2 Å². The molecule has 0 bridgehead atoms. The smallest absolute Gasteiger partial charge is 0.282 e. The zero-order valence-corrected chi connectivity index (χ0v) is 14.0. The van der Waals surface area contributed by atoms with Crippen LogP contribution in [-0.2, 0) is 7.05 Å². The molecule has 3 aromatic rings. The number of alkyl halides is 2. The fraction of sp³-hybridized carbons (Fsp3) is 0.111. The molecule has 0 aliphatic carbocycles. The van der Waals surface area contributed by atoms with E-state index in [9.17, 15) is 26.7 Å². The number of hydrogen-bond donors (Lipinski definition) is 1. The van der Waals surface area contributed by atoms with E-state index in [4.69, 9.17) is 5.73 Å². The van der Waals surface area contributed by atoms with Crippen LogP contribution in [0.5, 0.6) is 0 Å². The van der Waals surface area contributed by atoms with Gasteiger partial charge in [-0.2, -0.15) is 5.10 Å². The Morgan fingerprint density at radius 1 is 1.04 bits per heavy atom. The average molecular weight is 383 g/mol. The number of primary amides is 1. The first-order valence-electron chi connectivity index (χ1n) is 7.52. The summed E-state index contributed by atoms with van der Waals surface area (Å²) in [7, 11) is 1.44. The Morgan fingerprint density at radius 2 is 1.59 bits per heavy atom. The minimum absolute atomic E-state index is 0.229. The molecular weight excluding hydrogens is 369 g/mol. The third kappa shape index (κ3) is 4.90. The molecule has 2 N–H and O–H groups in total. The Balaban J connectivity index is 0.000000199. The molecule has 1 aromatic heterocycles. The molecule has 1 heterocycles. The highest BCUT2D eigenvalue weighted by Crippen LogP contribution is 2.23. The van der Waals surface area contributed by atoms with Gasteiger partial charge in [-0.3, -0.25) is 9.48 Å². The van der Waals surface area contributed by atoms with E-state index in [0.29, 0.717) is 11.1 Å². The molecule has 0 atom stereocenters. The van der Waals surface area contributed by atoms with Crippen molar-refractivity contribution in [2.45, 2.75) is 6.43 Å². The average Bonchev–Trinajstić information content (AvgIpc) is 3.03. The Labute approximate surface area is 151 Å². The molecule has 0 aliphatic rings. The predicted molar refractivity (Wildman–Crippen MR) is 88.4 cm³/mol. The third-order valence-electron chi connectivity index (χ3n) is 3.42. The van der Waals surface area contributed by atoms with Gasteiger partial charge in [0.15, 0.2) is 17.5 Å². The minimum atomic E-state index is -2.77. The van der Waals surface area contributed by atoms with Gasteiger partial charge < -0.3 is 5.73 Å². The van der Waals surface area contributed by atoms with Crippen molar-refractivity contribution in [3.8, 4) is 11.1 Å². The van der Waals surface area contributed by atoms with Gasteiger partial charge in [-0.25, -0.2) is 22.0 Å². The third-order valence-corrected chi connectivity index (χ3v) is 3.42. The van der Waals surface area contributed by atoms with Crippen LogP contribution in [0.1, 0.15) is 22.5 Å². The van der Waals surface area contributed by atoms with Crippen LogP contribution >= 0.6 is 0 Å². The number of hydrogen-bond acceptors (Lipinski definition) is 2. The highest BCUT2D eigenvalue weighted by Gasteiger charge is 2.20. The summed E-state index contributed by atoms with van der Waals surface area (Å²) >= 11 is 0. The van der Waals surface area contributed by atoms with Gasteiger partial charge in [0.05, 0.1) is 5.56 Å². The van der Waals surface area contributed by atoms with E-state index in [0.717, 1.165) is 16.8 Å². The Bertz CT molecular complexity index is 918. The minimum Gasteiger partial charge on any atom is -0.365 e. The van der Waals surface area contributed by atoms with Crippen molar-refractivity contribution in [2.75, 3.05) is 0 Å². The zero-order valence-electron chi connectivity index (χ0n) is 14.0. The first-order chi connectivity index (χ1) is 12.7. The molecule has 27 heavy (non-hydrogen) atoms. The number of amides is 1. The molecule has 0 aliphatic heterocycles. The second kappa shape index (κ2) is 8.43. The summed E-state index contributed by atoms with van der Waals surface area (Å²) in [4.78, 5) is 10.6. The summed E-state index contributed by atoms with van der Waals surface area (Å²) < 4.78 is 63.9. The topological polar surface area (TPSA) is 60.9 Å². The van der Waals surface area contributed by atoms with E-state index < -0.39 is 35.5 Å². The van der Waals surface area contributed by atoms with Crippen LogP contribution in [-0.4, -0.2) is 15.7 Å². The number of carbonyl (C=O) groups excluding carboxylic acids is 1. The summed E-state index contributed by atoms with van der Waals surface area (Å²) in [6.45, 7) is 0. The number of aryl methyl sites for hydroxylation is 1. The van der Waals surface area contributed by atoms with Gasteiger partial charge in [0.1, 0.15) is 5.69 Å². The van der Waals surface area contributed by atoms with Crippen molar-refractivity contribution < 1.29 is 26.7 Å². The van der Waals surface area contributed by atoms with Crippen LogP contribution in [0.4, 0.5) is 22.0 Å². The van der Waals surface area contributed by atoms with Gasteiger partial charge in [0.2, 0.25) is 0 Å². The van der Waals surface area contributed by atoms with Crippen LogP contribution in [0.2, 0.25) is 0 Å². The van der Waals surface area contributed by atoms with Gasteiger partial charge in [-0.05, 0) is 23.3 Å². The van der Waals surface area contributed by atoms with E-state index in [-0.39, 0.29) is 5.56 Å². The summed E-state index contributed by atoms with van der Waals surface area (Å²) in [6, 6.07) is 10.6. The maximum atomic E-state index is 12.9. The number of benzene rings is 2. The molecule has 2 aromatic carbocycles. The van der Waals surface area contributed by atoms with Crippen LogP contribution in [0.15, 0.2) is 48.7 Å². The number of halogens is 5. The van der Waals surface area contributed by atoms with Crippen LogP contribution in [0.3, 0.4) is 0 Å². The van der Waals surface area contributed by atoms with Crippen LogP contribution in [0, 0.1) is 17.5 Å². The monoisotopic (exact) mass is 383 g/mol. The largest absolute Gasteiger partial charge is 0.365 e. The van der Waals surface area contributed by atoms with Crippen molar-refractivity contribution in [3.05, 3.63) is 77.4 Å². The summed E-state index contributed by atoms with van der Waals surface area (Å²) in [5.41, 5.74) is 5.02. The molecule has 0 spiro atoms. The van der Waals surface area contributed by atoms with Crippen molar-refractivity contribution in [1.82, 2.24) is 9.78 Å². The normalized spacial score (nSPS) is 10.5. The molecule has 0 radical (unpaired) electrons. The number of nitrogens with two attached hydrogens (primary N) is 1. The van der Waals surface area contributed by atoms with Crippen molar-refractivity contribution in [3.63, 3.8) is 0 Å². The lowest BCUT2D eigenvalue weighted by molar-refractivity contribution is 0.0985. The van der Waals surface area contributed by atoms with Gasteiger partial charge in [-0.1, -0.05) is 30.3 Å². The fourth-order valence-electron chi connectivity index (χ4n) is 2.21. The molecule has 142 valence electrons. The maximum Gasteiger partial charge on any atom is 0.282 e. The molecular formula is C18H14F5N3O. The Hall–Kier alpha value is -3.23. The molecule has 0 unspecified atom stereocenters. The molecule has 0 saturated carbocycles. The SMILES string of the molecule is Cn1cc(C(N)=O)c(C(F)F)n1.Fc1cc(-c2ccccc2)cc(F)c1F. The van der Waals surface area contributed by atoms with Gasteiger partial charge in [0, 0.05) is 13.2 Å². The van der Waals surface area contributed by atoms with Crippen LogP contribution in [0.25, 0.3) is 11.1 Å². The fourth-order valence-corrected chi connectivity index (χ4v) is 2.21. The van der Waals surface area contributed by atoms with E-state index in [1.54, 1.807) is 30.3 Å². The second-order valence-corrected chi connectivity index (χ2v) is 5.39. The van der Waals surface area contributed by atoms with E-state index in [1.807, 2.05) is 0 Å². The second-order valence-electron chi connectivity index (χ2n) is 5.39. The molecule has 3 rings (SSSR count). The molecule has 4 nitrogen and oxygen atoms in total. The quantitative estimate of drug-likeness (QED) is 0.544. The molecule has 0 saturated heterocycles. The summed E-state index contributed by atoms with van der Waals surface area (Å²) in [6.07, 6.45) is -1.60. The standard InChI is InChI=1S/C12H7F3.C6H7F2N3O/c13-10-6-9(7-11(14)12(10)15)8-4-2-1-3-5-8;1-11-2-3(6(9)12)4(10-11)5(7)8/h1-7H;2,5H,1H3,(H2,9,12). The van der Waals surface area contributed by atoms with Crippen LogP contribution < -0.4 is 5.73 Å². The number of carbonyl (C=O) groups is 1. The molecule has 1 amide bonds. The number of nitrogens with zero attached hydrogens (tertiary/aromatic N) is 2. The highest BCUT2D eigenvalue weighted by molar-refractivity contribution is 5.93. The lowest BCUT2D eigenvalue weighted by Gasteiger charge is -2.02. The summed E-state index contributed by atoms with van der Waals surface area (Å²) in [5, 5.41) is 3.40. The van der Waals surface area contributed by atoms with Gasteiger partial charge >= 0.3 is 0 Å². The summed E-state index contributed by atoms with van der Waals surface area (Å²) in [5.74, 6) is -4.67. The lowest BCUT2D eigenvalue weighted by atomic mass is 10.1. The molecule has 0 fully saturated rings. The Morgan fingerprint density at radius 3 is 2.04 bits per heavy atom. The lowest BCUT2D eigenvalue weighted by Crippen LogP contribution is -2.12. The van der Waals surface area contributed by atoms with Gasteiger partial charge in [0.25, 0.3) is 12.3 Å². The van der Waals surface area contributed by atoms with Gasteiger partial charge in [-0.15, -0.1) is 0 Å². The van der Waals surface area contributed by atoms with E-state index >= 15 is 0 Å². The zero-order chi connectivity index (χ0) is 20.1.